The van der Waals surface area contributed by atoms with Crippen LogP contribution in [0.2, 0.25) is 0 Å². The van der Waals surface area contributed by atoms with Crippen molar-refractivity contribution in [3.05, 3.63) is 64.1 Å². The van der Waals surface area contributed by atoms with E-state index in [1.54, 1.807) is 0 Å². The van der Waals surface area contributed by atoms with E-state index in [1.165, 1.54) is 17.5 Å². The molecule has 0 atom stereocenters. The minimum Gasteiger partial charge on any atom is -0.488 e. The molecular formula is C20H24BrNO2. The van der Waals surface area contributed by atoms with Gasteiger partial charge in [-0.1, -0.05) is 36.4 Å². The van der Waals surface area contributed by atoms with E-state index in [0.717, 1.165) is 49.5 Å². The zero-order valence-corrected chi connectivity index (χ0v) is 15.5. The molecule has 0 spiro atoms. The van der Waals surface area contributed by atoms with Crippen molar-refractivity contribution in [1.82, 2.24) is 4.90 Å². The standard InChI is InChI=1S/C20H24BrNO2/c21-19-15-17(7-4-10-22-11-13-23-14-12-22)8-9-20(19)24-16-18-5-2-1-3-6-18/h1-3,5-6,8-9,15H,4,7,10-14,16H2. The summed E-state index contributed by atoms with van der Waals surface area (Å²) in [5, 5.41) is 0. The third-order valence-corrected chi connectivity index (χ3v) is 4.90. The zero-order chi connectivity index (χ0) is 16.6. The molecular weight excluding hydrogens is 366 g/mol. The van der Waals surface area contributed by atoms with Gasteiger partial charge >= 0.3 is 0 Å². The fourth-order valence-corrected chi connectivity index (χ4v) is 3.42. The van der Waals surface area contributed by atoms with E-state index in [1.807, 2.05) is 18.2 Å². The van der Waals surface area contributed by atoms with Crippen molar-refractivity contribution in [1.29, 1.82) is 0 Å². The van der Waals surface area contributed by atoms with Crippen LogP contribution in [0.4, 0.5) is 0 Å². The van der Waals surface area contributed by atoms with Crippen LogP contribution >= 0.6 is 15.9 Å². The number of morpholine rings is 1. The molecule has 2 aromatic carbocycles. The summed E-state index contributed by atoms with van der Waals surface area (Å²) >= 11 is 3.64. The summed E-state index contributed by atoms with van der Waals surface area (Å²) in [6, 6.07) is 16.7. The maximum Gasteiger partial charge on any atom is 0.134 e. The van der Waals surface area contributed by atoms with Gasteiger partial charge in [-0.15, -0.1) is 0 Å². The van der Waals surface area contributed by atoms with Gasteiger partial charge in [0, 0.05) is 13.1 Å². The fourth-order valence-electron chi connectivity index (χ4n) is 2.88. The Morgan fingerprint density at radius 3 is 2.54 bits per heavy atom. The van der Waals surface area contributed by atoms with Crippen molar-refractivity contribution in [2.75, 3.05) is 32.8 Å². The predicted octanol–water partition coefficient (Wildman–Crippen LogP) is 4.29. The van der Waals surface area contributed by atoms with Crippen LogP contribution in [0, 0.1) is 0 Å². The molecule has 0 amide bonds. The molecule has 0 aromatic heterocycles. The Hall–Kier alpha value is -1.36. The molecule has 1 saturated heterocycles. The second-order valence-electron chi connectivity index (χ2n) is 6.10. The second kappa shape index (κ2) is 9.21. The van der Waals surface area contributed by atoms with E-state index < -0.39 is 0 Å². The van der Waals surface area contributed by atoms with E-state index in [2.05, 4.69) is 51.2 Å². The van der Waals surface area contributed by atoms with Gasteiger partial charge in [0.25, 0.3) is 0 Å². The fraction of sp³-hybridized carbons (Fsp3) is 0.400. The van der Waals surface area contributed by atoms with E-state index in [-0.39, 0.29) is 0 Å². The number of hydrogen-bond acceptors (Lipinski definition) is 3. The van der Waals surface area contributed by atoms with Crippen LogP contribution in [0.5, 0.6) is 5.75 Å². The van der Waals surface area contributed by atoms with Crippen LogP contribution in [-0.2, 0) is 17.8 Å². The number of rotatable bonds is 7. The van der Waals surface area contributed by atoms with Crippen molar-refractivity contribution in [3.8, 4) is 5.75 Å². The van der Waals surface area contributed by atoms with Gasteiger partial charge in [-0.05, 0) is 58.6 Å². The third kappa shape index (κ3) is 5.33. The van der Waals surface area contributed by atoms with Crippen molar-refractivity contribution in [2.24, 2.45) is 0 Å². The van der Waals surface area contributed by atoms with Crippen LogP contribution in [0.15, 0.2) is 53.0 Å². The topological polar surface area (TPSA) is 21.7 Å². The van der Waals surface area contributed by atoms with Gasteiger partial charge in [0.05, 0.1) is 17.7 Å². The highest BCUT2D eigenvalue weighted by atomic mass is 79.9. The maximum absolute atomic E-state index is 5.91. The lowest BCUT2D eigenvalue weighted by molar-refractivity contribution is 0.0374. The van der Waals surface area contributed by atoms with Gasteiger partial charge in [0.1, 0.15) is 12.4 Å². The Kier molecular flexibility index (Phi) is 6.70. The van der Waals surface area contributed by atoms with Gasteiger partial charge in [-0.2, -0.15) is 0 Å². The molecule has 0 saturated carbocycles. The third-order valence-electron chi connectivity index (χ3n) is 4.28. The second-order valence-corrected chi connectivity index (χ2v) is 6.95. The number of benzene rings is 2. The highest BCUT2D eigenvalue weighted by Gasteiger charge is 2.10. The Morgan fingerprint density at radius 1 is 1.00 bits per heavy atom. The molecule has 1 aliphatic heterocycles. The molecule has 0 aliphatic carbocycles. The van der Waals surface area contributed by atoms with Crippen LogP contribution < -0.4 is 4.74 Å². The van der Waals surface area contributed by atoms with Crippen LogP contribution in [-0.4, -0.2) is 37.7 Å². The first-order valence-electron chi connectivity index (χ1n) is 8.56. The first kappa shape index (κ1) is 17.5. The van der Waals surface area contributed by atoms with Crippen molar-refractivity contribution >= 4 is 15.9 Å². The van der Waals surface area contributed by atoms with Crippen molar-refractivity contribution < 1.29 is 9.47 Å². The number of halogens is 1. The van der Waals surface area contributed by atoms with E-state index in [4.69, 9.17) is 9.47 Å². The maximum atomic E-state index is 5.91. The normalized spacial score (nSPS) is 15.4. The highest BCUT2D eigenvalue weighted by Crippen LogP contribution is 2.27. The predicted molar refractivity (Wildman–Crippen MR) is 100 cm³/mol. The summed E-state index contributed by atoms with van der Waals surface area (Å²) < 4.78 is 12.3. The Balaban J connectivity index is 1.47. The largest absolute Gasteiger partial charge is 0.488 e. The monoisotopic (exact) mass is 389 g/mol. The first-order valence-corrected chi connectivity index (χ1v) is 9.36. The van der Waals surface area contributed by atoms with Gasteiger partial charge < -0.3 is 9.47 Å². The first-order chi connectivity index (χ1) is 11.8. The SMILES string of the molecule is Brc1cc(CCCN2CCOCC2)ccc1OCc1ccccc1. The summed E-state index contributed by atoms with van der Waals surface area (Å²) in [6.07, 6.45) is 2.27. The van der Waals surface area contributed by atoms with E-state index in [9.17, 15) is 0 Å². The molecule has 128 valence electrons. The Labute approximate surface area is 152 Å². The van der Waals surface area contributed by atoms with Gasteiger partial charge in [-0.3, -0.25) is 4.90 Å². The average molecular weight is 390 g/mol. The van der Waals surface area contributed by atoms with Gasteiger partial charge in [-0.25, -0.2) is 0 Å². The van der Waals surface area contributed by atoms with E-state index >= 15 is 0 Å². The molecule has 24 heavy (non-hydrogen) atoms. The molecule has 1 heterocycles. The molecule has 0 unspecified atom stereocenters. The molecule has 3 nitrogen and oxygen atoms in total. The molecule has 2 aromatic rings. The average Bonchev–Trinajstić information content (AvgIpc) is 2.63. The van der Waals surface area contributed by atoms with Crippen molar-refractivity contribution in [3.63, 3.8) is 0 Å². The van der Waals surface area contributed by atoms with Gasteiger partial charge in [0.15, 0.2) is 0 Å². The number of hydrogen-bond donors (Lipinski definition) is 0. The Bertz CT molecular complexity index is 627. The summed E-state index contributed by atoms with van der Waals surface area (Å²) in [5.41, 5.74) is 2.53. The van der Waals surface area contributed by atoms with Crippen molar-refractivity contribution in [2.45, 2.75) is 19.4 Å². The molecule has 3 rings (SSSR count). The van der Waals surface area contributed by atoms with Gasteiger partial charge in [0.2, 0.25) is 0 Å². The highest BCUT2D eigenvalue weighted by molar-refractivity contribution is 9.10. The summed E-state index contributed by atoms with van der Waals surface area (Å²) in [5.74, 6) is 0.899. The lowest BCUT2D eigenvalue weighted by atomic mass is 10.1. The lowest BCUT2D eigenvalue weighted by Crippen LogP contribution is -2.36. The number of aryl methyl sites for hydroxylation is 1. The zero-order valence-electron chi connectivity index (χ0n) is 13.9. The van der Waals surface area contributed by atoms with Crippen LogP contribution in [0.25, 0.3) is 0 Å². The summed E-state index contributed by atoms with van der Waals surface area (Å²) in [4.78, 5) is 2.48. The molecule has 1 aliphatic rings. The smallest absolute Gasteiger partial charge is 0.134 e. The van der Waals surface area contributed by atoms with Crippen LogP contribution in [0.3, 0.4) is 0 Å². The van der Waals surface area contributed by atoms with E-state index in [0.29, 0.717) is 6.61 Å². The molecule has 0 radical (unpaired) electrons. The molecule has 1 fully saturated rings. The molecule has 0 bridgehead atoms. The minimum absolute atomic E-state index is 0.593. The summed E-state index contributed by atoms with van der Waals surface area (Å²) in [7, 11) is 0. The lowest BCUT2D eigenvalue weighted by Gasteiger charge is -2.26. The quantitative estimate of drug-likeness (QED) is 0.704. The molecule has 0 N–H and O–H groups in total. The minimum atomic E-state index is 0.593. The number of nitrogens with zero attached hydrogens (tertiary/aromatic N) is 1. The van der Waals surface area contributed by atoms with Crippen LogP contribution in [0.1, 0.15) is 17.5 Å². The Morgan fingerprint density at radius 2 is 1.79 bits per heavy atom. The molecule has 4 heteroatoms. The number of ether oxygens (including phenoxy) is 2. The summed E-state index contributed by atoms with van der Waals surface area (Å²) in [6.45, 7) is 5.62.